The maximum Gasteiger partial charge on any atom is 0.144 e. The Hall–Kier alpha value is -1.42. The van der Waals surface area contributed by atoms with Gasteiger partial charge in [-0.05, 0) is 19.1 Å². The number of aliphatic hydroxyl groups excluding tert-OH is 1. The Morgan fingerprint density at radius 1 is 1.47 bits per heavy atom. The van der Waals surface area contributed by atoms with E-state index in [0.29, 0.717) is 24.6 Å². The summed E-state index contributed by atoms with van der Waals surface area (Å²) in [6.45, 7) is 3.24. The molecule has 0 saturated carbocycles. The standard InChI is InChI=1S/C11H18N2O2/c1-3-15-11-8-9(4-5-10(11)12)13(2)6-7-14/h4-5,8,14H,3,6-7,12H2,1-2H3. The zero-order chi connectivity index (χ0) is 11.3. The van der Waals surface area contributed by atoms with E-state index in [1.807, 2.05) is 37.1 Å². The fourth-order valence-electron chi connectivity index (χ4n) is 1.32. The van der Waals surface area contributed by atoms with E-state index in [-0.39, 0.29) is 6.61 Å². The molecule has 0 aliphatic heterocycles. The molecule has 4 heteroatoms. The van der Waals surface area contributed by atoms with Crippen LogP contribution < -0.4 is 15.4 Å². The van der Waals surface area contributed by atoms with Gasteiger partial charge in [0.25, 0.3) is 0 Å². The van der Waals surface area contributed by atoms with E-state index < -0.39 is 0 Å². The molecule has 0 aliphatic carbocycles. The fourth-order valence-corrected chi connectivity index (χ4v) is 1.32. The molecule has 0 aromatic heterocycles. The molecule has 0 radical (unpaired) electrons. The number of likely N-dealkylation sites (N-methyl/N-ethyl adjacent to an activating group) is 1. The van der Waals surface area contributed by atoms with Crippen molar-refractivity contribution >= 4 is 11.4 Å². The van der Waals surface area contributed by atoms with Gasteiger partial charge < -0.3 is 20.5 Å². The summed E-state index contributed by atoms with van der Waals surface area (Å²) < 4.78 is 5.39. The first kappa shape index (κ1) is 11.7. The fraction of sp³-hybridized carbons (Fsp3) is 0.455. The summed E-state index contributed by atoms with van der Waals surface area (Å²) in [5.74, 6) is 0.694. The average Bonchev–Trinajstić information content (AvgIpc) is 2.22. The molecule has 15 heavy (non-hydrogen) atoms. The largest absolute Gasteiger partial charge is 0.492 e. The van der Waals surface area contributed by atoms with Gasteiger partial charge in [-0.3, -0.25) is 0 Å². The van der Waals surface area contributed by atoms with Gasteiger partial charge >= 0.3 is 0 Å². The van der Waals surface area contributed by atoms with Crippen molar-refractivity contribution in [1.82, 2.24) is 0 Å². The lowest BCUT2D eigenvalue weighted by Crippen LogP contribution is -2.21. The zero-order valence-corrected chi connectivity index (χ0v) is 9.23. The van der Waals surface area contributed by atoms with Crippen LogP contribution in [0.25, 0.3) is 0 Å². The molecule has 0 heterocycles. The molecule has 1 aromatic carbocycles. The van der Waals surface area contributed by atoms with Crippen molar-refractivity contribution in [2.45, 2.75) is 6.92 Å². The van der Waals surface area contributed by atoms with Crippen LogP contribution in [0.2, 0.25) is 0 Å². The van der Waals surface area contributed by atoms with Crippen molar-refractivity contribution in [1.29, 1.82) is 0 Å². The molecule has 0 amide bonds. The molecule has 0 bridgehead atoms. The topological polar surface area (TPSA) is 58.7 Å². The Balaban J connectivity index is 2.86. The first-order valence-corrected chi connectivity index (χ1v) is 5.03. The average molecular weight is 210 g/mol. The molecular formula is C11H18N2O2. The lowest BCUT2D eigenvalue weighted by Gasteiger charge is -2.19. The zero-order valence-electron chi connectivity index (χ0n) is 9.23. The molecule has 1 aromatic rings. The van der Waals surface area contributed by atoms with Crippen molar-refractivity contribution in [3.8, 4) is 5.75 Å². The van der Waals surface area contributed by atoms with E-state index >= 15 is 0 Å². The van der Waals surface area contributed by atoms with Crippen molar-refractivity contribution in [3.63, 3.8) is 0 Å². The van der Waals surface area contributed by atoms with Crippen LogP contribution in [0.3, 0.4) is 0 Å². The molecule has 0 aliphatic rings. The highest BCUT2D eigenvalue weighted by atomic mass is 16.5. The molecule has 4 nitrogen and oxygen atoms in total. The number of ether oxygens (including phenoxy) is 1. The Morgan fingerprint density at radius 3 is 2.80 bits per heavy atom. The summed E-state index contributed by atoms with van der Waals surface area (Å²) in [6.07, 6.45) is 0. The van der Waals surface area contributed by atoms with Crippen molar-refractivity contribution in [2.24, 2.45) is 0 Å². The summed E-state index contributed by atoms with van der Waals surface area (Å²) in [6, 6.07) is 5.61. The van der Waals surface area contributed by atoms with Gasteiger partial charge in [0.15, 0.2) is 0 Å². The molecule has 0 atom stereocenters. The van der Waals surface area contributed by atoms with Crippen LogP contribution in [0.15, 0.2) is 18.2 Å². The number of benzene rings is 1. The number of nitrogen functional groups attached to an aromatic ring is 1. The highest BCUT2D eigenvalue weighted by Gasteiger charge is 2.04. The van der Waals surface area contributed by atoms with E-state index in [9.17, 15) is 0 Å². The smallest absolute Gasteiger partial charge is 0.144 e. The minimum Gasteiger partial charge on any atom is -0.492 e. The summed E-state index contributed by atoms with van der Waals surface area (Å²) in [5.41, 5.74) is 7.38. The van der Waals surface area contributed by atoms with Gasteiger partial charge in [0.2, 0.25) is 0 Å². The Kier molecular flexibility index (Phi) is 4.24. The van der Waals surface area contributed by atoms with Crippen LogP contribution in [0.5, 0.6) is 5.75 Å². The quantitative estimate of drug-likeness (QED) is 0.714. The maximum absolute atomic E-state index is 8.83. The van der Waals surface area contributed by atoms with E-state index in [1.54, 1.807) is 0 Å². The highest BCUT2D eigenvalue weighted by molar-refractivity contribution is 5.62. The minimum atomic E-state index is 0.130. The Morgan fingerprint density at radius 2 is 2.20 bits per heavy atom. The number of aliphatic hydroxyl groups is 1. The number of nitrogens with two attached hydrogens (primary N) is 1. The summed E-state index contributed by atoms with van der Waals surface area (Å²) in [4.78, 5) is 1.95. The SMILES string of the molecule is CCOc1cc(N(C)CCO)ccc1N. The number of nitrogens with zero attached hydrogens (tertiary/aromatic N) is 1. The number of hydrogen-bond acceptors (Lipinski definition) is 4. The second-order valence-corrected chi connectivity index (χ2v) is 3.30. The predicted molar refractivity (Wildman–Crippen MR) is 62.4 cm³/mol. The predicted octanol–water partition coefficient (Wildman–Crippen LogP) is 1.10. The lowest BCUT2D eigenvalue weighted by molar-refractivity contribution is 0.304. The van der Waals surface area contributed by atoms with Crippen LogP contribution in [-0.4, -0.2) is 31.9 Å². The first-order chi connectivity index (χ1) is 7.19. The second kappa shape index (κ2) is 5.46. The molecule has 0 fully saturated rings. The van der Waals surface area contributed by atoms with Gasteiger partial charge in [-0.1, -0.05) is 0 Å². The van der Waals surface area contributed by atoms with Gasteiger partial charge in [0, 0.05) is 25.3 Å². The first-order valence-electron chi connectivity index (χ1n) is 5.03. The maximum atomic E-state index is 8.83. The van der Waals surface area contributed by atoms with Gasteiger partial charge in [-0.15, -0.1) is 0 Å². The molecular weight excluding hydrogens is 192 g/mol. The van der Waals surface area contributed by atoms with Gasteiger partial charge in [0.05, 0.1) is 18.9 Å². The molecule has 1 rings (SSSR count). The van der Waals surface area contributed by atoms with Crippen molar-refractivity contribution < 1.29 is 9.84 Å². The van der Waals surface area contributed by atoms with Crippen LogP contribution in [-0.2, 0) is 0 Å². The monoisotopic (exact) mass is 210 g/mol. The molecule has 0 spiro atoms. The van der Waals surface area contributed by atoms with E-state index in [2.05, 4.69) is 0 Å². The van der Waals surface area contributed by atoms with Crippen LogP contribution >= 0.6 is 0 Å². The Labute approximate surface area is 90.3 Å². The summed E-state index contributed by atoms with van der Waals surface area (Å²) in [7, 11) is 1.91. The highest BCUT2D eigenvalue weighted by Crippen LogP contribution is 2.27. The van der Waals surface area contributed by atoms with Crippen LogP contribution in [0.4, 0.5) is 11.4 Å². The normalized spacial score (nSPS) is 10.1. The molecule has 0 saturated heterocycles. The van der Waals surface area contributed by atoms with Gasteiger partial charge in [-0.25, -0.2) is 0 Å². The number of rotatable bonds is 5. The van der Waals surface area contributed by atoms with E-state index in [0.717, 1.165) is 5.69 Å². The summed E-state index contributed by atoms with van der Waals surface area (Å²) in [5, 5.41) is 8.83. The molecule has 0 unspecified atom stereocenters. The third-order valence-electron chi connectivity index (χ3n) is 2.17. The number of hydrogen-bond donors (Lipinski definition) is 2. The van der Waals surface area contributed by atoms with E-state index in [1.165, 1.54) is 0 Å². The van der Waals surface area contributed by atoms with Crippen molar-refractivity contribution in [3.05, 3.63) is 18.2 Å². The van der Waals surface area contributed by atoms with E-state index in [4.69, 9.17) is 15.6 Å². The molecule has 3 N–H and O–H groups in total. The second-order valence-electron chi connectivity index (χ2n) is 3.30. The van der Waals surface area contributed by atoms with Gasteiger partial charge in [0.1, 0.15) is 5.75 Å². The summed E-state index contributed by atoms with van der Waals surface area (Å²) >= 11 is 0. The third-order valence-corrected chi connectivity index (χ3v) is 2.17. The number of anilines is 2. The Bertz CT molecular complexity index is 315. The third kappa shape index (κ3) is 3.02. The minimum absolute atomic E-state index is 0.130. The van der Waals surface area contributed by atoms with Crippen LogP contribution in [0, 0.1) is 0 Å². The van der Waals surface area contributed by atoms with Gasteiger partial charge in [-0.2, -0.15) is 0 Å². The van der Waals surface area contributed by atoms with Crippen molar-refractivity contribution in [2.75, 3.05) is 37.4 Å². The lowest BCUT2D eigenvalue weighted by atomic mass is 10.2. The van der Waals surface area contributed by atoms with Crippen LogP contribution in [0.1, 0.15) is 6.92 Å². The molecule has 84 valence electrons.